The highest BCUT2D eigenvalue weighted by atomic mass is 35.5. The van der Waals surface area contributed by atoms with Gasteiger partial charge in [-0.25, -0.2) is 0 Å². The van der Waals surface area contributed by atoms with Gasteiger partial charge < -0.3 is 16.0 Å². The quantitative estimate of drug-likeness (QED) is 0.745. The van der Waals surface area contributed by atoms with Crippen LogP contribution in [0, 0.1) is 0 Å². The first-order chi connectivity index (χ1) is 8.47. The Morgan fingerprint density at radius 2 is 2.17 bits per heavy atom. The van der Waals surface area contributed by atoms with Crippen molar-refractivity contribution in [3.63, 3.8) is 0 Å². The molecule has 0 fully saturated rings. The molecule has 94 valence electrons. The molecule has 0 unspecified atom stereocenters. The lowest BCUT2D eigenvalue weighted by molar-refractivity contribution is -0.144. The fourth-order valence-corrected chi connectivity index (χ4v) is 1.92. The summed E-state index contributed by atoms with van der Waals surface area (Å²) in [6.45, 7) is -0.200. The van der Waals surface area contributed by atoms with Crippen LogP contribution in [0.25, 0.3) is 0 Å². The first kappa shape index (κ1) is 12.4. The van der Waals surface area contributed by atoms with Crippen molar-refractivity contribution in [2.24, 2.45) is 5.73 Å². The fraction of sp³-hybridized carbons (Fsp3) is 0.182. The van der Waals surface area contributed by atoms with Gasteiger partial charge in [0.2, 0.25) is 5.91 Å². The van der Waals surface area contributed by atoms with E-state index in [-0.39, 0.29) is 13.1 Å². The molecule has 1 heterocycles. The zero-order valence-electron chi connectivity index (χ0n) is 9.27. The maximum absolute atomic E-state index is 11.7. The molecule has 1 aliphatic rings. The number of primary amides is 1. The number of anilines is 1. The van der Waals surface area contributed by atoms with Crippen LogP contribution in [0.5, 0.6) is 0 Å². The Bertz CT molecular complexity index is 544. The summed E-state index contributed by atoms with van der Waals surface area (Å²) in [6.07, 6.45) is 0. The van der Waals surface area contributed by atoms with Gasteiger partial charge in [-0.2, -0.15) is 0 Å². The number of fused-ring (bicyclic) bond motifs is 1. The van der Waals surface area contributed by atoms with Gasteiger partial charge in [-0.15, -0.1) is 0 Å². The van der Waals surface area contributed by atoms with Gasteiger partial charge in [0.1, 0.15) is 6.54 Å². The summed E-state index contributed by atoms with van der Waals surface area (Å²) < 4.78 is 0. The molecule has 7 heteroatoms. The summed E-state index contributed by atoms with van der Waals surface area (Å²) in [6, 6.07) is 4.84. The summed E-state index contributed by atoms with van der Waals surface area (Å²) in [5, 5.41) is 2.94. The molecule has 6 nitrogen and oxygen atoms in total. The Morgan fingerprint density at radius 3 is 2.83 bits per heavy atom. The predicted octanol–water partition coefficient (Wildman–Crippen LogP) is 0.106. The number of carbonyl (C=O) groups is 3. The van der Waals surface area contributed by atoms with Crippen LogP contribution in [0.4, 0.5) is 5.69 Å². The number of nitrogens with two attached hydrogens (primary N) is 1. The number of halogens is 1. The summed E-state index contributed by atoms with van der Waals surface area (Å²) >= 11 is 5.85. The zero-order chi connectivity index (χ0) is 13.3. The van der Waals surface area contributed by atoms with Crippen molar-refractivity contribution in [1.82, 2.24) is 4.90 Å². The highest BCUT2D eigenvalue weighted by molar-refractivity contribution is 6.40. The van der Waals surface area contributed by atoms with E-state index in [0.29, 0.717) is 16.3 Å². The number of carbonyl (C=O) groups excluding carboxylic acids is 3. The third kappa shape index (κ3) is 2.43. The van der Waals surface area contributed by atoms with Crippen molar-refractivity contribution < 1.29 is 14.4 Å². The third-order valence-corrected chi connectivity index (χ3v) is 2.74. The maximum atomic E-state index is 11.7. The van der Waals surface area contributed by atoms with Crippen molar-refractivity contribution in [3.8, 4) is 0 Å². The molecule has 0 radical (unpaired) electrons. The molecule has 18 heavy (non-hydrogen) atoms. The van der Waals surface area contributed by atoms with Crippen LogP contribution in [-0.2, 0) is 20.9 Å². The van der Waals surface area contributed by atoms with Gasteiger partial charge in [-0.1, -0.05) is 11.6 Å². The summed E-state index contributed by atoms with van der Waals surface area (Å²) in [5.41, 5.74) is 6.20. The van der Waals surface area contributed by atoms with Crippen molar-refractivity contribution in [3.05, 3.63) is 28.8 Å². The van der Waals surface area contributed by atoms with E-state index in [9.17, 15) is 14.4 Å². The first-order valence-corrected chi connectivity index (χ1v) is 5.52. The molecule has 3 amide bonds. The van der Waals surface area contributed by atoms with Crippen molar-refractivity contribution in [2.45, 2.75) is 6.54 Å². The molecule has 3 N–H and O–H groups in total. The van der Waals surface area contributed by atoms with Crippen LogP contribution in [0.3, 0.4) is 0 Å². The highest BCUT2D eigenvalue weighted by Crippen LogP contribution is 2.24. The number of benzene rings is 1. The lowest BCUT2D eigenvalue weighted by Gasteiger charge is -2.17. The van der Waals surface area contributed by atoms with Gasteiger partial charge in [0.05, 0.1) is 0 Å². The van der Waals surface area contributed by atoms with Gasteiger partial charge in [-0.05, 0) is 23.8 Å². The Kier molecular flexibility index (Phi) is 3.20. The van der Waals surface area contributed by atoms with Crippen LogP contribution in [0.15, 0.2) is 18.2 Å². The van der Waals surface area contributed by atoms with Crippen molar-refractivity contribution in [1.29, 1.82) is 0 Å². The molecule has 1 aromatic carbocycles. The molecule has 0 bridgehead atoms. The molecule has 0 spiro atoms. The average molecular weight is 268 g/mol. The third-order valence-electron chi connectivity index (χ3n) is 2.50. The molecule has 1 aromatic rings. The van der Waals surface area contributed by atoms with E-state index in [2.05, 4.69) is 5.32 Å². The molecule has 0 saturated heterocycles. The topological polar surface area (TPSA) is 92.5 Å². The Hall–Kier alpha value is -2.08. The van der Waals surface area contributed by atoms with E-state index < -0.39 is 17.7 Å². The second-order valence-corrected chi connectivity index (χ2v) is 4.32. The second-order valence-electron chi connectivity index (χ2n) is 3.88. The Balaban J connectivity index is 2.38. The van der Waals surface area contributed by atoms with Crippen LogP contribution in [0.2, 0.25) is 5.02 Å². The average Bonchev–Trinajstić information content (AvgIpc) is 2.39. The van der Waals surface area contributed by atoms with E-state index in [1.54, 1.807) is 18.2 Å². The molecular formula is C11H10ClN3O3. The minimum Gasteiger partial charge on any atom is -0.368 e. The van der Waals surface area contributed by atoms with Crippen molar-refractivity contribution >= 4 is 35.0 Å². The first-order valence-electron chi connectivity index (χ1n) is 5.14. The number of amides is 3. The number of nitrogens with zero attached hydrogens (tertiary/aromatic N) is 1. The lowest BCUT2D eigenvalue weighted by Crippen LogP contribution is -2.41. The fourth-order valence-electron chi connectivity index (χ4n) is 1.73. The lowest BCUT2D eigenvalue weighted by atomic mass is 10.1. The molecular weight excluding hydrogens is 258 g/mol. The standard InChI is InChI=1S/C11H10ClN3O3/c12-7-1-2-8-6(3-7)4-15(5-9(13)16)11(18)10(17)14-8/h1-3H,4-5H2,(H2,13,16)(H,14,17). The minimum absolute atomic E-state index is 0.108. The smallest absolute Gasteiger partial charge is 0.313 e. The van der Waals surface area contributed by atoms with E-state index in [0.717, 1.165) is 4.90 Å². The predicted molar refractivity (Wildman–Crippen MR) is 64.7 cm³/mol. The summed E-state index contributed by atoms with van der Waals surface area (Å²) in [5.74, 6) is -2.26. The van der Waals surface area contributed by atoms with E-state index >= 15 is 0 Å². The Labute approximate surface area is 108 Å². The molecule has 0 atom stereocenters. The second kappa shape index (κ2) is 4.66. The Morgan fingerprint density at radius 1 is 1.44 bits per heavy atom. The molecule has 0 aromatic heterocycles. The van der Waals surface area contributed by atoms with Crippen LogP contribution in [0.1, 0.15) is 5.56 Å². The summed E-state index contributed by atoms with van der Waals surface area (Å²) in [4.78, 5) is 35.2. The van der Waals surface area contributed by atoms with E-state index in [1.165, 1.54) is 0 Å². The van der Waals surface area contributed by atoms with E-state index in [1.807, 2.05) is 0 Å². The number of nitrogens with one attached hydrogen (secondary N) is 1. The van der Waals surface area contributed by atoms with Crippen LogP contribution >= 0.6 is 11.6 Å². The normalized spacial score (nSPS) is 14.8. The van der Waals surface area contributed by atoms with Gasteiger partial charge >= 0.3 is 11.8 Å². The van der Waals surface area contributed by atoms with Gasteiger partial charge in [0.25, 0.3) is 0 Å². The maximum Gasteiger partial charge on any atom is 0.313 e. The van der Waals surface area contributed by atoms with Gasteiger partial charge in [0.15, 0.2) is 0 Å². The SMILES string of the molecule is NC(=O)CN1Cc2cc(Cl)ccc2NC(=O)C1=O. The van der Waals surface area contributed by atoms with Gasteiger partial charge in [-0.3, -0.25) is 14.4 Å². The van der Waals surface area contributed by atoms with E-state index in [4.69, 9.17) is 17.3 Å². The number of hydrogen-bond acceptors (Lipinski definition) is 3. The van der Waals surface area contributed by atoms with Gasteiger partial charge in [0, 0.05) is 17.3 Å². The number of rotatable bonds is 2. The molecule has 1 aliphatic heterocycles. The summed E-state index contributed by atoms with van der Waals surface area (Å²) in [7, 11) is 0. The van der Waals surface area contributed by atoms with Crippen molar-refractivity contribution in [2.75, 3.05) is 11.9 Å². The van der Waals surface area contributed by atoms with Crippen LogP contribution < -0.4 is 11.1 Å². The molecule has 0 aliphatic carbocycles. The molecule has 2 rings (SSSR count). The highest BCUT2D eigenvalue weighted by Gasteiger charge is 2.28. The minimum atomic E-state index is -0.794. The monoisotopic (exact) mass is 267 g/mol. The largest absolute Gasteiger partial charge is 0.368 e. The zero-order valence-corrected chi connectivity index (χ0v) is 10.0. The number of hydrogen-bond donors (Lipinski definition) is 2. The van der Waals surface area contributed by atoms with Crippen LogP contribution in [-0.4, -0.2) is 29.2 Å². The molecule has 0 saturated carbocycles.